The highest BCUT2D eigenvalue weighted by Gasteiger charge is 2.39. The van der Waals surface area contributed by atoms with Gasteiger partial charge in [-0.3, -0.25) is 0 Å². The van der Waals surface area contributed by atoms with E-state index in [1.807, 2.05) is 0 Å². The van der Waals surface area contributed by atoms with E-state index in [1.54, 1.807) is 0 Å². The largest absolute Gasteiger partial charge is 0.233 e. The Balaban J connectivity index is 1.54. The van der Waals surface area contributed by atoms with Crippen LogP contribution >= 0.6 is 0 Å². The average molecular weight is 252 g/mol. The Kier molecular flexibility index (Phi) is 4.25. The molecular weight excluding hydrogens is 224 g/mol. The lowest BCUT2D eigenvalue weighted by atomic mass is 9.69. The van der Waals surface area contributed by atoms with Gasteiger partial charge in [-0.1, -0.05) is 39.0 Å². The van der Waals surface area contributed by atoms with Crippen molar-refractivity contribution in [3.63, 3.8) is 0 Å². The maximum absolute atomic E-state index is 5.71. The van der Waals surface area contributed by atoms with Crippen LogP contribution in [0.1, 0.15) is 71.1 Å². The van der Waals surface area contributed by atoms with Gasteiger partial charge < -0.3 is 0 Å². The van der Waals surface area contributed by atoms with Crippen LogP contribution < -0.4 is 0 Å². The van der Waals surface area contributed by atoms with Crippen molar-refractivity contribution in [1.29, 1.82) is 0 Å². The van der Waals surface area contributed by atoms with Gasteiger partial charge >= 0.3 is 0 Å². The molecule has 2 nitrogen and oxygen atoms in total. The van der Waals surface area contributed by atoms with Crippen molar-refractivity contribution < 1.29 is 9.78 Å². The van der Waals surface area contributed by atoms with Gasteiger partial charge in [0.25, 0.3) is 0 Å². The van der Waals surface area contributed by atoms with Crippen LogP contribution in [0, 0.1) is 17.8 Å². The molecule has 0 radical (unpaired) electrons. The zero-order valence-electron chi connectivity index (χ0n) is 11.8. The third-order valence-electron chi connectivity index (χ3n) is 5.62. The Morgan fingerprint density at radius 1 is 0.778 bits per heavy atom. The van der Waals surface area contributed by atoms with E-state index in [0.29, 0.717) is 12.2 Å². The molecule has 1 saturated heterocycles. The van der Waals surface area contributed by atoms with Crippen molar-refractivity contribution >= 4 is 0 Å². The van der Waals surface area contributed by atoms with Crippen molar-refractivity contribution in [2.24, 2.45) is 17.8 Å². The number of hydrogen-bond acceptors (Lipinski definition) is 2. The van der Waals surface area contributed by atoms with Crippen molar-refractivity contribution in [3.8, 4) is 0 Å². The summed E-state index contributed by atoms with van der Waals surface area (Å²) in [5.74, 6) is 2.70. The summed E-state index contributed by atoms with van der Waals surface area (Å²) in [4.78, 5) is 11.2. The Labute approximate surface area is 111 Å². The Morgan fingerprint density at radius 2 is 1.56 bits per heavy atom. The first-order valence-electron chi connectivity index (χ1n) is 8.19. The molecule has 2 heteroatoms. The second-order valence-electron chi connectivity index (χ2n) is 6.73. The van der Waals surface area contributed by atoms with E-state index in [1.165, 1.54) is 57.8 Å². The van der Waals surface area contributed by atoms with Crippen LogP contribution in [0.3, 0.4) is 0 Å². The topological polar surface area (TPSA) is 18.5 Å². The number of hydrogen-bond donors (Lipinski definition) is 0. The smallest absolute Gasteiger partial charge is 0.0961 e. The Hall–Kier alpha value is -0.0800. The van der Waals surface area contributed by atoms with Gasteiger partial charge in [0.2, 0.25) is 0 Å². The van der Waals surface area contributed by atoms with Crippen molar-refractivity contribution in [2.75, 3.05) is 0 Å². The van der Waals surface area contributed by atoms with Crippen molar-refractivity contribution in [2.45, 2.75) is 83.3 Å². The van der Waals surface area contributed by atoms with Gasteiger partial charge in [-0.2, -0.15) is 0 Å². The predicted molar refractivity (Wildman–Crippen MR) is 72.1 cm³/mol. The summed E-state index contributed by atoms with van der Waals surface area (Å²) in [7, 11) is 0. The van der Waals surface area contributed by atoms with E-state index < -0.39 is 0 Å². The minimum absolute atomic E-state index is 0.359. The summed E-state index contributed by atoms with van der Waals surface area (Å²) < 4.78 is 0. The highest BCUT2D eigenvalue weighted by atomic mass is 17.2. The van der Waals surface area contributed by atoms with E-state index in [0.717, 1.165) is 24.2 Å². The third kappa shape index (κ3) is 2.75. The lowest BCUT2D eigenvalue weighted by molar-refractivity contribution is -0.393. The SMILES string of the molecule is CCC1CC2CCC(C3CCCCC3)CC2OO1. The molecule has 18 heavy (non-hydrogen) atoms. The normalized spacial score (nSPS) is 42.5. The average Bonchev–Trinajstić information content (AvgIpc) is 2.47. The van der Waals surface area contributed by atoms with E-state index in [9.17, 15) is 0 Å². The number of fused-ring (bicyclic) bond motifs is 1. The van der Waals surface area contributed by atoms with Crippen molar-refractivity contribution in [3.05, 3.63) is 0 Å². The molecule has 3 aliphatic rings. The first kappa shape index (κ1) is 12.9. The van der Waals surface area contributed by atoms with Gasteiger partial charge in [0.1, 0.15) is 0 Å². The van der Waals surface area contributed by atoms with Crippen LogP contribution in [0.4, 0.5) is 0 Å². The van der Waals surface area contributed by atoms with E-state index in [2.05, 4.69) is 6.92 Å². The van der Waals surface area contributed by atoms with Gasteiger partial charge in [-0.25, -0.2) is 9.78 Å². The molecule has 0 amide bonds. The second-order valence-corrected chi connectivity index (χ2v) is 6.73. The lowest BCUT2D eigenvalue weighted by Gasteiger charge is -2.43. The molecule has 4 unspecified atom stereocenters. The summed E-state index contributed by atoms with van der Waals surface area (Å²) in [5.41, 5.74) is 0. The van der Waals surface area contributed by atoms with Crippen LogP contribution in [0.2, 0.25) is 0 Å². The molecule has 0 N–H and O–H groups in total. The molecule has 2 saturated carbocycles. The Morgan fingerprint density at radius 3 is 2.33 bits per heavy atom. The lowest BCUT2D eigenvalue weighted by Crippen LogP contribution is -2.41. The molecule has 1 heterocycles. The van der Waals surface area contributed by atoms with Gasteiger partial charge in [0.05, 0.1) is 12.2 Å². The van der Waals surface area contributed by atoms with Crippen LogP contribution in [-0.4, -0.2) is 12.2 Å². The van der Waals surface area contributed by atoms with Gasteiger partial charge in [0, 0.05) is 0 Å². The molecule has 0 aromatic carbocycles. The highest BCUT2D eigenvalue weighted by Crippen LogP contribution is 2.44. The molecule has 2 aliphatic carbocycles. The molecular formula is C16H28O2. The van der Waals surface area contributed by atoms with Gasteiger partial charge in [-0.05, 0) is 49.9 Å². The summed E-state index contributed by atoms with van der Waals surface area (Å²) in [6.45, 7) is 2.20. The van der Waals surface area contributed by atoms with Crippen LogP contribution in [-0.2, 0) is 9.78 Å². The maximum Gasteiger partial charge on any atom is 0.0961 e. The van der Waals surface area contributed by atoms with E-state index in [4.69, 9.17) is 9.78 Å². The molecule has 0 aromatic rings. The molecule has 4 atom stereocenters. The number of rotatable bonds is 2. The molecule has 3 rings (SSSR count). The summed E-state index contributed by atoms with van der Waals surface area (Å²) >= 11 is 0. The van der Waals surface area contributed by atoms with Crippen LogP contribution in [0.25, 0.3) is 0 Å². The highest BCUT2D eigenvalue weighted by molar-refractivity contribution is 4.87. The minimum atomic E-state index is 0.359. The first-order chi connectivity index (χ1) is 8.86. The summed E-state index contributed by atoms with van der Waals surface area (Å²) in [6, 6.07) is 0. The van der Waals surface area contributed by atoms with E-state index in [-0.39, 0.29) is 0 Å². The fourth-order valence-corrected chi connectivity index (χ4v) is 4.41. The van der Waals surface area contributed by atoms with E-state index >= 15 is 0 Å². The first-order valence-corrected chi connectivity index (χ1v) is 8.19. The zero-order valence-corrected chi connectivity index (χ0v) is 11.8. The standard InChI is InChI=1S/C16H28O2/c1-2-15-10-14-9-8-13(11-16(14)18-17-15)12-6-4-3-5-7-12/h12-16H,2-11H2,1H3. The van der Waals surface area contributed by atoms with Gasteiger partial charge in [-0.15, -0.1) is 0 Å². The quantitative estimate of drug-likeness (QED) is 0.674. The monoisotopic (exact) mass is 252 g/mol. The molecule has 0 spiro atoms. The molecule has 104 valence electrons. The molecule has 0 aromatic heterocycles. The van der Waals surface area contributed by atoms with Crippen LogP contribution in [0.15, 0.2) is 0 Å². The Bertz CT molecular complexity index is 260. The fourth-order valence-electron chi connectivity index (χ4n) is 4.41. The van der Waals surface area contributed by atoms with Gasteiger partial charge in [0.15, 0.2) is 0 Å². The molecule has 1 aliphatic heterocycles. The van der Waals surface area contributed by atoms with Crippen molar-refractivity contribution in [1.82, 2.24) is 0 Å². The maximum atomic E-state index is 5.71. The summed E-state index contributed by atoms with van der Waals surface area (Å²) in [6.07, 6.45) is 14.5. The third-order valence-corrected chi connectivity index (χ3v) is 5.62. The minimum Gasteiger partial charge on any atom is -0.233 e. The zero-order chi connectivity index (χ0) is 12.4. The molecule has 3 fully saturated rings. The fraction of sp³-hybridized carbons (Fsp3) is 1.00. The summed E-state index contributed by atoms with van der Waals surface area (Å²) in [5, 5.41) is 0. The van der Waals surface area contributed by atoms with Crippen LogP contribution in [0.5, 0.6) is 0 Å². The predicted octanol–water partition coefficient (Wildman–Crippen LogP) is 4.48. The second kappa shape index (κ2) is 5.92. The molecule has 0 bridgehead atoms.